The van der Waals surface area contributed by atoms with Crippen LogP contribution in [0.5, 0.6) is 0 Å². The Kier molecular flexibility index (Phi) is 3.69. The highest BCUT2D eigenvalue weighted by Gasteiger charge is 2.15. The molecule has 2 N–H and O–H groups in total. The highest BCUT2D eigenvalue weighted by Crippen LogP contribution is 2.26. The van der Waals surface area contributed by atoms with Crippen molar-refractivity contribution in [3.05, 3.63) is 27.5 Å². The fourth-order valence-corrected chi connectivity index (χ4v) is 2.78. The first-order valence-corrected chi connectivity index (χ1v) is 6.79. The number of nitrogens with two attached hydrogens (primary N) is 1. The normalized spacial score (nSPS) is 11.0. The number of hydrogen-bond acceptors (Lipinski definition) is 4. The maximum Gasteiger partial charge on any atom is 0.180 e. The quantitative estimate of drug-likeness (QED) is 0.929. The number of aromatic nitrogens is 3. The van der Waals surface area contributed by atoms with Gasteiger partial charge in [0.25, 0.3) is 0 Å². The van der Waals surface area contributed by atoms with Crippen LogP contribution in [-0.4, -0.2) is 14.8 Å². The molecular formula is C11H15ClN4S. The van der Waals surface area contributed by atoms with Gasteiger partial charge in [0.2, 0.25) is 0 Å². The van der Waals surface area contributed by atoms with Crippen LogP contribution in [0.25, 0.3) is 0 Å². The van der Waals surface area contributed by atoms with E-state index in [2.05, 4.69) is 23.9 Å². The second kappa shape index (κ2) is 5.06. The van der Waals surface area contributed by atoms with Crippen LogP contribution in [0.1, 0.15) is 30.1 Å². The zero-order chi connectivity index (χ0) is 12.4. The lowest BCUT2D eigenvalue weighted by Crippen LogP contribution is -2.03. The topological polar surface area (TPSA) is 56.7 Å². The number of halogens is 1. The molecule has 2 aromatic heterocycles. The van der Waals surface area contributed by atoms with E-state index in [-0.39, 0.29) is 0 Å². The average molecular weight is 271 g/mol. The smallest absolute Gasteiger partial charge is 0.180 e. The Balaban J connectivity index is 2.34. The molecule has 0 unspecified atom stereocenters. The van der Waals surface area contributed by atoms with Crippen molar-refractivity contribution in [2.45, 2.75) is 33.2 Å². The lowest BCUT2D eigenvalue weighted by molar-refractivity contribution is 0.622. The van der Waals surface area contributed by atoms with E-state index < -0.39 is 0 Å². The molecule has 2 aromatic rings. The van der Waals surface area contributed by atoms with Crippen LogP contribution >= 0.6 is 22.9 Å². The molecule has 0 aliphatic carbocycles. The summed E-state index contributed by atoms with van der Waals surface area (Å²) in [6.07, 6.45) is 3.40. The lowest BCUT2D eigenvalue weighted by atomic mass is 10.2. The summed E-state index contributed by atoms with van der Waals surface area (Å²) >= 11 is 7.83. The van der Waals surface area contributed by atoms with Crippen LogP contribution in [0, 0.1) is 0 Å². The van der Waals surface area contributed by atoms with Gasteiger partial charge in [-0.1, -0.05) is 18.5 Å². The number of nitrogens with zero attached hydrogens (tertiary/aromatic N) is 3. The molecule has 4 nitrogen and oxygen atoms in total. The molecule has 0 aromatic carbocycles. The minimum atomic E-state index is 0.592. The molecule has 0 saturated carbocycles. The van der Waals surface area contributed by atoms with E-state index in [9.17, 15) is 0 Å². The number of rotatable bonds is 4. The first kappa shape index (κ1) is 12.4. The summed E-state index contributed by atoms with van der Waals surface area (Å²) in [5, 5.41) is 5.86. The van der Waals surface area contributed by atoms with Gasteiger partial charge in [0.15, 0.2) is 5.13 Å². The van der Waals surface area contributed by atoms with Gasteiger partial charge in [0.05, 0.1) is 16.4 Å². The fraction of sp³-hybridized carbons (Fsp3) is 0.455. The third-order valence-electron chi connectivity index (χ3n) is 2.61. The van der Waals surface area contributed by atoms with Crippen molar-refractivity contribution in [1.82, 2.24) is 14.8 Å². The van der Waals surface area contributed by atoms with Gasteiger partial charge in [-0.25, -0.2) is 4.98 Å². The highest BCUT2D eigenvalue weighted by atomic mass is 35.5. The summed E-state index contributed by atoms with van der Waals surface area (Å²) < 4.78 is 1.96. The zero-order valence-corrected chi connectivity index (χ0v) is 11.5. The molecule has 2 heterocycles. The van der Waals surface area contributed by atoms with Crippen molar-refractivity contribution >= 4 is 28.1 Å². The molecule has 0 radical (unpaired) electrons. The molecule has 0 bridgehead atoms. The van der Waals surface area contributed by atoms with E-state index in [0.717, 1.165) is 40.7 Å². The first-order valence-electron chi connectivity index (χ1n) is 5.59. The zero-order valence-electron chi connectivity index (χ0n) is 9.90. The Hall–Kier alpha value is -1.07. The fourth-order valence-electron chi connectivity index (χ4n) is 1.76. The minimum absolute atomic E-state index is 0.592. The van der Waals surface area contributed by atoms with Crippen LogP contribution in [-0.2, 0) is 19.4 Å². The summed E-state index contributed by atoms with van der Waals surface area (Å²) in [5.41, 5.74) is 7.63. The van der Waals surface area contributed by atoms with Gasteiger partial charge in [-0.2, -0.15) is 5.10 Å². The van der Waals surface area contributed by atoms with Crippen molar-refractivity contribution in [2.75, 3.05) is 5.73 Å². The van der Waals surface area contributed by atoms with Gasteiger partial charge >= 0.3 is 0 Å². The van der Waals surface area contributed by atoms with Crippen LogP contribution in [0.3, 0.4) is 0 Å². The first-order chi connectivity index (χ1) is 8.15. The minimum Gasteiger partial charge on any atom is -0.375 e. The van der Waals surface area contributed by atoms with Crippen LogP contribution < -0.4 is 5.73 Å². The van der Waals surface area contributed by atoms with E-state index in [4.69, 9.17) is 17.3 Å². The maximum atomic E-state index is 6.33. The summed E-state index contributed by atoms with van der Waals surface area (Å²) in [4.78, 5) is 5.16. The Morgan fingerprint density at radius 2 is 2.24 bits per heavy atom. The lowest BCUT2D eigenvalue weighted by Gasteiger charge is -2.02. The van der Waals surface area contributed by atoms with Gasteiger partial charge in [-0.15, -0.1) is 11.3 Å². The number of anilines is 1. The molecule has 92 valence electrons. The van der Waals surface area contributed by atoms with E-state index in [1.165, 1.54) is 11.3 Å². The molecule has 0 spiro atoms. The molecule has 0 atom stereocenters. The summed E-state index contributed by atoms with van der Waals surface area (Å²) in [5.74, 6) is 0. The molecule has 0 amide bonds. The molecular weight excluding hydrogens is 256 g/mol. The van der Waals surface area contributed by atoms with Crippen LogP contribution in [0.15, 0.2) is 6.20 Å². The van der Waals surface area contributed by atoms with Crippen LogP contribution in [0.2, 0.25) is 5.02 Å². The van der Waals surface area contributed by atoms with E-state index in [1.54, 1.807) is 6.20 Å². The Bertz CT molecular complexity index is 518. The molecule has 0 saturated heterocycles. The van der Waals surface area contributed by atoms with Crippen molar-refractivity contribution in [3.63, 3.8) is 0 Å². The predicted octanol–water partition coefficient (Wildman–Crippen LogP) is 2.75. The SMILES string of the molecule is CCc1nn(CC)c(Cc2cnc(N)s2)c1Cl. The largest absolute Gasteiger partial charge is 0.375 e. The Labute approximate surface area is 109 Å². The third-order valence-corrected chi connectivity index (χ3v) is 3.87. The molecule has 6 heteroatoms. The van der Waals surface area contributed by atoms with Gasteiger partial charge in [-0.3, -0.25) is 4.68 Å². The molecule has 0 aliphatic rings. The van der Waals surface area contributed by atoms with E-state index >= 15 is 0 Å². The number of hydrogen-bond donors (Lipinski definition) is 1. The molecule has 17 heavy (non-hydrogen) atoms. The Morgan fingerprint density at radius 1 is 1.47 bits per heavy atom. The third kappa shape index (κ3) is 2.45. The van der Waals surface area contributed by atoms with Gasteiger partial charge in [-0.05, 0) is 13.3 Å². The number of nitrogen functional groups attached to an aromatic ring is 1. The monoisotopic (exact) mass is 270 g/mol. The number of thiazole rings is 1. The van der Waals surface area contributed by atoms with Gasteiger partial charge in [0, 0.05) is 24.0 Å². The second-order valence-corrected chi connectivity index (χ2v) is 5.24. The summed E-state index contributed by atoms with van der Waals surface area (Å²) in [6.45, 7) is 4.94. The second-order valence-electron chi connectivity index (χ2n) is 3.72. The van der Waals surface area contributed by atoms with Crippen molar-refractivity contribution in [2.24, 2.45) is 0 Å². The van der Waals surface area contributed by atoms with Crippen molar-refractivity contribution in [3.8, 4) is 0 Å². The summed E-state index contributed by atoms with van der Waals surface area (Å²) in [6, 6.07) is 0. The van der Waals surface area contributed by atoms with Crippen molar-refractivity contribution in [1.29, 1.82) is 0 Å². The molecule has 0 fully saturated rings. The Morgan fingerprint density at radius 3 is 2.76 bits per heavy atom. The van der Waals surface area contributed by atoms with E-state index in [0.29, 0.717) is 5.13 Å². The average Bonchev–Trinajstić information content (AvgIpc) is 2.85. The van der Waals surface area contributed by atoms with Crippen LogP contribution in [0.4, 0.5) is 5.13 Å². The van der Waals surface area contributed by atoms with Crippen molar-refractivity contribution < 1.29 is 0 Å². The van der Waals surface area contributed by atoms with E-state index in [1.807, 2.05) is 4.68 Å². The maximum absolute atomic E-state index is 6.33. The van der Waals surface area contributed by atoms with Gasteiger partial charge in [0.1, 0.15) is 0 Å². The molecule has 0 aliphatic heterocycles. The standard InChI is InChI=1S/C11H15ClN4S/c1-3-8-10(12)9(16(4-2)15-8)5-7-6-14-11(13)17-7/h6H,3-5H2,1-2H3,(H2,13,14). The highest BCUT2D eigenvalue weighted by molar-refractivity contribution is 7.15. The predicted molar refractivity (Wildman–Crippen MR) is 71.6 cm³/mol. The van der Waals surface area contributed by atoms with Gasteiger partial charge < -0.3 is 5.73 Å². The molecule has 2 rings (SSSR count). The number of aryl methyl sites for hydroxylation is 2. The summed E-state index contributed by atoms with van der Waals surface area (Å²) in [7, 11) is 0.